The summed E-state index contributed by atoms with van der Waals surface area (Å²) in [5.41, 5.74) is 2.43. The molecule has 0 unspecified atom stereocenters. The fourth-order valence-corrected chi connectivity index (χ4v) is 1.80. The minimum absolute atomic E-state index is 0.121. The monoisotopic (exact) mass is 234 g/mol. The molecule has 0 amide bonds. The maximum absolute atomic E-state index is 13.4. The van der Waals surface area contributed by atoms with Crippen molar-refractivity contribution in [1.82, 2.24) is 10.3 Å². The van der Waals surface area contributed by atoms with E-state index in [9.17, 15) is 4.39 Å². The molecular formula is C13H15FN2O. The van der Waals surface area contributed by atoms with E-state index < -0.39 is 0 Å². The van der Waals surface area contributed by atoms with Crippen LogP contribution in [-0.2, 0) is 13.1 Å². The summed E-state index contributed by atoms with van der Waals surface area (Å²) in [7, 11) is 0. The standard InChI is InChI=1S/C13H15FN2O/c1-9-3-11(4-10(2)13(9)14)5-15-6-12-7-16-8-17-12/h3-4,7-8,15H,5-6H2,1-2H3. The molecule has 1 heterocycles. The number of oxazole rings is 1. The first-order valence-corrected chi connectivity index (χ1v) is 5.50. The molecular weight excluding hydrogens is 219 g/mol. The van der Waals surface area contributed by atoms with Gasteiger partial charge in [-0.1, -0.05) is 12.1 Å². The molecule has 0 radical (unpaired) electrons. The second-order valence-corrected chi connectivity index (χ2v) is 4.11. The molecule has 2 rings (SSSR count). The van der Waals surface area contributed by atoms with Crippen molar-refractivity contribution < 1.29 is 8.81 Å². The fourth-order valence-electron chi connectivity index (χ4n) is 1.80. The summed E-state index contributed by atoms with van der Waals surface area (Å²) in [4.78, 5) is 3.83. The Labute approximate surface area is 99.7 Å². The number of hydrogen-bond donors (Lipinski definition) is 1. The van der Waals surface area contributed by atoms with Crippen molar-refractivity contribution in [1.29, 1.82) is 0 Å². The zero-order valence-electron chi connectivity index (χ0n) is 9.96. The molecule has 0 spiro atoms. The molecule has 90 valence electrons. The van der Waals surface area contributed by atoms with E-state index in [2.05, 4.69) is 10.3 Å². The molecule has 4 heteroatoms. The lowest BCUT2D eigenvalue weighted by Crippen LogP contribution is -2.12. The van der Waals surface area contributed by atoms with Crippen LogP contribution in [0.25, 0.3) is 0 Å². The molecule has 3 nitrogen and oxygen atoms in total. The summed E-state index contributed by atoms with van der Waals surface area (Å²) in [6, 6.07) is 3.71. The number of benzene rings is 1. The van der Waals surface area contributed by atoms with Crippen molar-refractivity contribution in [2.24, 2.45) is 0 Å². The average Bonchev–Trinajstić information content (AvgIpc) is 2.79. The smallest absolute Gasteiger partial charge is 0.180 e. The van der Waals surface area contributed by atoms with Gasteiger partial charge in [0.25, 0.3) is 0 Å². The Bertz CT molecular complexity index is 471. The van der Waals surface area contributed by atoms with Crippen LogP contribution in [0.3, 0.4) is 0 Å². The second-order valence-electron chi connectivity index (χ2n) is 4.11. The Morgan fingerprint density at radius 1 is 1.24 bits per heavy atom. The van der Waals surface area contributed by atoms with Crippen LogP contribution in [0.15, 0.2) is 29.1 Å². The molecule has 0 bridgehead atoms. The number of rotatable bonds is 4. The van der Waals surface area contributed by atoms with Gasteiger partial charge in [-0.15, -0.1) is 0 Å². The molecule has 1 aromatic carbocycles. The first-order valence-electron chi connectivity index (χ1n) is 5.50. The number of nitrogens with zero attached hydrogens (tertiary/aromatic N) is 1. The largest absolute Gasteiger partial charge is 0.447 e. The quantitative estimate of drug-likeness (QED) is 0.883. The summed E-state index contributed by atoms with van der Waals surface area (Å²) >= 11 is 0. The third-order valence-corrected chi connectivity index (χ3v) is 2.61. The van der Waals surface area contributed by atoms with Gasteiger partial charge >= 0.3 is 0 Å². The van der Waals surface area contributed by atoms with E-state index in [-0.39, 0.29) is 5.82 Å². The summed E-state index contributed by atoms with van der Waals surface area (Å²) < 4.78 is 18.5. The number of aromatic nitrogens is 1. The first kappa shape index (κ1) is 11.8. The molecule has 1 aromatic heterocycles. The van der Waals surface area contributed by atoms with Crippen molar-refractivity contribution in [3.8, 4) is 0 Å². The molecule has 17 heavy (non-hydrogen) atoms. The van der Waals surface area contributed by atoms with Crippen LogP contribution in [-0.4, -0.2) is 4.98 Å². The molecule has 0 aliphatic rings. The van der Waals surface area contributed by atoms with Gasteiger partial charge in [0.2, 0.25) is 0 Å². The minimum atomic E-state index is -0.121. The number of aryl methyl sites for hydroxylation is 2. The van der Waals surface area contributed by atoms with Crippen molar-refractivity contribution in [2.45, 2.75) is 26.9 Å². The van der Waals surface area contributed by atoms with Gasteiger partial charge in [0.15, 0.2) is 6.39 Å². The van der Waals surface area contributed by atoms with Gasteiger partial charge in [-0.05, 0) is 30.5 Å². The second kappa shape index (κ2) is 5.10. The Kier molecular flexibility index (Phi) is 3.54. The Morgan fingerprint density at radius 3 is 2.53 bits per heavy atom. The van der Waals surface area contributed by atoms with Crippen LogP contribution in [0.4, 0.5) is 4.39 Å². The highest BCUT2D eigenvalue weighted by Gasteiger charge is 2.04. The molecule has 0 atom stereocenters. The van der Waals surface area contributed by atoms with E-state index in [1.807, 2.05) is 12.1 Å². The maximum Gasteiger partial charge on any atom is 0.180 e. The van der Waals surface area contributed by atoms with Crippen LogP contribution in [0.5, 0.6) is 0 Å². The molecule has 0 fully saturated rings. The summed E-state index contributed by atoms with van der Waals surface area (Å²) in [5, 5.41) is 3.22. The summed E-state index contributed by atoms with van der Waals surface area (Å²) in [6.45, 7) is 4.86. The van der Waals surface area contributed by atoms with E-state index in [0.717, 1.165) is 11.3 Å². The predicted molar refractivity (Wildman–Crippen MR) is 62.9 cm³/mol. The summed E-state index contributed by atoms with van der Waals surface area (Å²) in [6.07, 6.45) is 3.08. The third-order valence-electron chi connectivity index (χ3n) is 2.61. The van der Waals surface area contributed by atoms with E-state index in [0.29, 0.717) is 24.2 Å². The normalized spacial score (nSPS) is 10.8. The SMILES string of the molecule is Cc1cc(CNCc2cnco2)cc(C)c1F. The molecule has 0 saturated heterocycles. The predicted octanol–water partition coefficient (Wildman–Crippen LogP) is 2.72. The lowest BCUT2D eigenvalue weighted by Gasteiger charge is -2.07. The van der Waals surface area contributed by atoms with Crippen molar-refractivity contribution in [3.63, 3.8) is 0 Å². The fraction of sp³-hybridized carbons (Fsp3) is 0.308. The summed E-state index contributed by atoms with van der Waals surface area (Å²) in [5.74, 6) is 0.671. The molecule has 2 aromatic rings. The van der Waals surface area contributed by atoms with Crippen molar-refractivity contribution >= 4 is 0 Å². The first-order chi connectivity index (χ1) is 8.16. The lowest BCUT2D eigenvalue weighted by atomic mass is 10.1. The van der Waals surface area contributed by atoms with Crippen LogP contribution >= 0.6 is 0 Å². The number of halogens is 1. The highest BCUT2D eigenvalue weighted by atomic mass is 19.1. The highest BCUT2D eigenvalue weighted by molar-refractivity contribution is 5.30. The average molecular weight is 234 g/mol. The van der Waals surface area contributed by atoms with E-state index in [1.54, 1.807) is 20.0 Å². The molecule has 0 aliphatic carbocycles. The van der Waals surface area contributed by atoms with Gasteiger partial charge in [0, 0.05) is 6.54 Å². The zero-order chi connectivity index (χ0) is 12.3. The Balaban J connectivity index is 1.95. The van der Waals surface area contributed by atoms with Gasteiger partial charge in [-0.25, -0.2) is 9.37 Å². The van der Waals surface area contributed by atoms with Crippen LogP contribution in [0.2, 0.25) is 0 Å². The zero-order valence-corrected chi connectivity index (χ0v) is 9.96. The van der Waals surface area contributed by atoms with E-state index in [4.69, 9.17) is 4.42 Å². The van der Waals surface area contributed by atoms with Crippen molar-refractivity contribution in [2.75, 3.05) is 0 Å². The number of hydrogen-bond acceptors (Lipinski definition) is 3. The Hall–Kier alpha value is -1.68. The Morgan fingerprint density at radius 2 is 1.94 bits per heavy atom. The van der Waals surface area contributed by atoms with Crippen LogP contribution in [0, 0.1) is 19.7 Å². The van der Waals surface area contributed by atoms with Crippen molar-refractivity contribution in [3.05, 3.63) is 53.0 Å². The highest BCUT2D eigenvalue weighted by Crippen LogP contribution is 2.14. The molecule has 1 N–H and O–H groups in total. The van der Waals surface area contributed by atoms with E-state index >= 15 is 0 Å². The molecule has 0 saturated carbocycles. The van der Waals surface area contributed by atoms with Gasteiger partial charge in [0.05, 0.1) is 12.7 Å². The van der Waals surface area contributed by atoms with Crippen LogP contribution in [0.1, 0.15) is 22.5 Å². The molecule has 0 aliphatic heterocycles. The maximum atomic E-state index is 13.4. The van der Waals surface area contributed by atoms with Gasteiger partial charge < -0.3 is 9.73 Å². The minimum Gasteiger partial charge on any atom is -0.447 e. The van der Waals surface area contributed by atoms with E-state index in [1.165, 1.54) is 6.39 Å². The van der Waals surface area contributed by atoms with Gasteiger partial charge in [0.1, 0.15) is 11.6 Å². The topological polar surface area (TPSA) is 38.1 Å². The third kappa shape index (κ3) is 2.91. The van der Waals surface area contributed by atoms with Gasteiger partial charge in [-0.2, -0.15) is 0 Å². The van der Waals surface area contributed by atoms with Gasteiger partial charge in [-0.3, -0.25) is 0 Å². The number of nitrogens with one attached hydrogen (secondary N) is 1. The lowest BCUT2D eigenvalue weighted by molar-refractivity contribution is 0.479. The van der Waals surface area contributed by atoms with Crippen LogP contribution < -0.4 is 5.32 Å².